The minimum absolute atomic E-state index is 0.00742. The van der Waals surface area contributed by atoms with E-state index in [2.05, 4.69) is 9.72 Å². The zero-order valence-electron chi connectivity index (χ0n) is 15.9. The predicted octanol–water partition coefficient (Wildman–Crippen LogP) is 4.81. The maximum absolute atomic E-state index is 14.4. The molecule has 0 radical (unpaired) electrons. The van der Waals surface area contributed by atoms with Crippen LogP contribution in [0.3, 0.4) is 0 Å². The standard InChI is InChI=1S/C21H18Cl2FNO4/c1-10-14(8-12-4-5-13(22)9-15(12)23)20(26)25-19-16(24)6-7-17(18(10)19)29-11(2)21(27)28-3/h4-7,9,11H,8H2,1-3H3,(H,25,26)/t11-/m0/s1. The summed E-state index contributed by atoms with van der Waals surface area (Å²) in [5, 5.41) is 1.28. The molecule has 29 heavy (non-hydrogen) atoms. The van der Waals surface area contributed by atoms with Crippen LogP contribution in [0, 0.1) is 12.7 Å². The third-order valence-corrected chi connectivity index (χ3v) is 5.26. The number of benzene rings is 2. The van der Waals surface area contributed by atoms with Gasteiger partial charge in [0, 0.05) is 27.4 Å². The highest BCUT2D eigenvalue weighted by Gasteiger charge is 2.21. The van der Waals surface area contributed by atoms with Gasteiger partial charge >= 0.3 is 5.97 Å². The molecule has 3 rings (SSSR count). The van der Waals surface area contributed by atoms with Crippen LogP contribution in [0.4, 0.5) is 4.39 Å². The first kappa shape index (κ1) is 21.1. The zero-order valence-corrected chi connectivity index (χ0v) is 17.4. The second-order valence-electron chi connectivity index (χ2n) is 6.55. The van der Waals surface area contributed by atoms with E-state index in [9.17, 15) is 14.0 Å². The summed E-state index contributed by atoms with van der Waals surface area (Å²) in [6.45, 7) is 3.22. The van der Waals surface area contributed by atoms with Gasteiger partial charge in [-0.15, -0.1) is 0 Å². The molecule has 1 aromatic heterocycles. The molecule has 0 aliphatic rings. The summed E-state index contributed by atoms with van der Waals surface area (Å²) in [6.07, 6.45) is -0.690. The zero-order chi connectivity index (χ0) is 21.3. The average Bonchev–Trinajstić information content (AvgIpc) is 2.68. The SMILES string of the molecule is COC(=O)[C@H](C)Oc1ccc(F)c2[nH]c(=O)c(Cc3ccc(Cl)cc3Cl)c(C)c12. The molecule has 2 aromatic carbocycles. The Kier molecular flexibility index (Phi) is 6.15. The van der Waals surface area contributed by atoms with Gasteiger partial charge in [-0.25, -0.2) is 9.18 Å². The van der Waals surface area contributed by atoms with Crippen LogP contribution in [0.1, 0.15) is 23.6 Å². The Bertz CT molecular complexity index is 1160. The van der Waals surface area contributed by atoms with Gasteiger partial charge < -0.3 is 14.5 Å². The van der Waals surface area contributed by atoms with E-state index >= 15 is 0 Å². The largest absolute Gasteiger partial charge is 0.478 e. The van der Waals surface area contributed by atoms with E-state index in [-0.39, 0.29) is 17.7 Å². The van der Waals surface area contributed by atoms with Crippen molar-refractivity contribution in [3.8, 4) is 5.75 Å². The fraction of sp³-hybridized carbons (Fsp3) is 0.238. The van der Waals surface area contributed by atoms with Crippen molar-refractivity contribution < 1.29 is 18.7 Å². The lowest BCUT2D eigenvalue weighted by Gasteiger charge is -2.17. The number of esters is 1. The number of aromatic amines is 1. The first-order valence-electron chi connectivity index (χ1n) is 8.75. The highest BCUT2D eigenvalue weighted by atomic mass is 35.5. The molecule has 0 aliphatic heterocycles. The summed E-state index contributed by atoms with van der Waals surface area (Å²) in [4.78, 5) is 27.0. The molecule has 1 N–H and O–H groups in total. The molecule has 1 atom stereocenters. The molecule has 0 unspecified atom stereocenters. The van der Waals surface area contributed by atoms with Gasteiger partial charge in [0.1, 0.15) is 11.6 Å². The number of ether oxygens (including phenoxy) is 2. The van der Waals surface area contributed by atoms with Crippen molar-refractivity contribution in [2.24, 2.45) is 0 Å². The predicted molar refractivity (Wildman–Crippen MR) is 111 cm³/mol. The Balaban J connectivity index is 2.16. The number of nitrogens with one attached hydrogen (secondary N) is 1. The van der Waals surface area contributed by atoms with Crippen molar-refractivity contribution in [1.82, 2.24) is 4.98 Å². The number of H-pyrrole nitrogens is 1. The van der Waals surface area contributed by atoms with E-state index in [1.807, 2.05) is 0 Å². The lowest BCUT2D eigenvalue weighted by Crippen LogP contribution is -2.25. The van der Waals surface area contributed by atoms with E-state index in [1.54, 1.807) is 25.1 Å². The first-order chi connectivity index (χ1) is 13.7. The van der Waals surface area contributed by atoms with Crippen molar-refractivity contribution in [2.75, 3.05) is 7.11 Å². The number of carbonyl (C=O) groups is 1. The van der Waals surface area contributed by atoms with Crippen molar-refractivity contribution in [1.29, 1.82) is 0 Å². The van der Waals surface area contributed by atoms with E-state index in [0.717, 1.165) is 0 Å². The Morgan fingerprint density at radius 1 is 1.24 bits per heavy atom. The molecule has 5 nitrogen and oxygen atoms in total. The molecule has 0 saturated heterocycles. The number of hydrogen-bond donors (Lipinski definition) is 1. The summed E-state index contributed by atoms with van der Waals surface area (Å²) in [7, 11) is 1.25. The fourth-order valence-electron chi connectivity index (χ4n) is 3.13. The number of aromatic nitrogens is 1. The molecular formula is C21H18Cl2FNO4. The van der Waals surface area contributed by atoms with Gasteiger partial charge in [0.15, 0.2) is 6.10 Å². The summed E-state index contributed by atoms with van der Waals surface area (Å²) >= 11 is 12.2. The molecule has 0 amide bonds. The van der Waals surface area contributed by atoms with Crippen LogP contribution in [-0.2, 0) is 16.0 Å². The highest BCUT2D eigenvalue weighted by molar-refractivity contribution is 6.35. The van der Waals surface area contributed by atoms with Gasteiger partial charge in [0.2, 0.25) is 0 Å². The normalized spacial score (nSPS) is 12.1. The number of aryl methyl sites for hydroxylation is 1. The molecule has 152 valence electrons. The van der Waals surface area contributed by atoms with Crippen LogP contribution in [0.2, 0.25) is 10.0 Å². The van der Waals surface area contributed by atoms with Gasteiger partial charge in [-0.05, 0) is 49.2 Å². The number of halogens is 3. The maximum atomic E-state index is 14.4. The first-order valence-corrected chi connectivity index (χ1v) is 9.51. The summed E-state index contributed by atoms with van der Waals surface area (Å²) in [6, 6.07) is 7.60. The van der Waals surface area contributed by atoms with Crippen LogP contribution < -0.4 is 10.3 Å². The molecule has 0 fully saturated rings. The average molecular weight is 438 g/mol. The molecule has 3 aromatic rings. The van der Waals surface area contributed by atoms with Gasteiger partial charge in [-0.2, -0.15) is 0 Å². The Morgan fingerprint density at radius 3 is 2.62 bits per heavy atom. The smallest absolute Gasteiger partial charge is 0.346 e. The second kappa shape index (κ2) is 8.43. The minimum Gasteiger partial charge on any atom is -0.478 e. The Hall–Kier alpha value is -2.57. The maximum Gasteiger partial charge on any atom is 0.346 e. The summed E-state index contributed by atoms with van der Waals surface area (Å²) < 4.78 is 24.8. The molecule has 0 spiro atoms. The van der Waals surface area contributed by atoms with E-state index < -0.39 is 23.4 Å². The third-order valence-electron chi connectivity index (χ3n) is 4.68. The van der Waals surface area contributed by atoms with Crippen molar-refractivity contribution in [3.63, 3.8) is 0 Å². The van der Waals surface area contributed by atoms with Crippen molar-refractivity contribution >= 4 is 40.1 Å². The number of rotatable bonds is 5. The summed E-state index contributed by atoms with van der Waals surface area (Å²) in [5.74, 6) is -0.913. The highest BCUT2D eigenvalue weighted by Crippen LogP contribution is 2.32. The number of methoxy groups -OCH3 is 1. The molecule has 1 heterocycles. The van der Waals surface area contributed by atoms with Crippen LogP contribution >= 0.6 is 23.2 Å². The number of pyridine rings is 1. The molecular weight excluding hydrogens is 420 g/mol. The third kappa shape index (κ3) is 4.23. The fourth-order valence-corrected chi connectivity index (χ4v) is 3.61. The molecule has 0 bridgehead atoms. The second-order valence-corrected chi connectivity index (χ2v) is 7.39. The number of hydrogen-bond acceptors (Lipinski definition) is 4. The van der Waals surface area contributed by atoms with Gasteiger partial charge in [-0.3, -0.25) is 4.79 Å². The van der Waals surface area contributed by atoms with Gasteiger partial charge in [0.05, 0.1) is 12.6 Å². The number of carbonyl (C=O) groups excluding carboxylic acids is 1. The van der Waals surface area contributed by atoms with Crippen LogP contribution in [0.5, 0.6) is 5.75 Å². The lowest BCUT2D eigenvalue weighted by molar-refractivity contribution is -0.147. The number of fused-ring (bicyclic) bond motifs is 1. The van der Waals surface area contributed by atoms with Crippen LogP contribution in [-0.4, -0.2) is 24.2 Å². The molecule has 8 heteroatoms. The Morgan fingerprint density at radius 2 is 1.97 bits per heavy atom. The summed E-state index contributed by atoms with van der Waals surface area (Å²) in [5.41, 5.74) is 1.21. The van der Waals surface area contributed by atoms with E-state index in [4.69, 9.17) is 27.9 Å². The van der Waals surface area contributed by atoms with Crippen LogP contribution in [0.15, 0.2) is 35.1 Å². The quantitative estimate of drug-likeness (QED) is 0.581. The van der Waals surface area contributed by atoms with E-state index in [0.29, 0.717) is 32.1 Å². The van der Waals surface area contributed by atoms with E-state index in [1.165, 1.54) is 26.2 Å². The van der Waals surface area contributed by atoms with Crippen molar-refractivity contribution in [2.45, 2.75) is 26.4 Å². The Labute approximate surface area is 176 Å². The van der Waals surface area contributed by atoms with Crippen LogP contribution in [0.25, 0.3) is 10.9 Å². The minimum atomic E-state index is -0.908. The van der Waals surface area contributed by atoms with Crippen molar-refractivity contribution in [3.05, 3.63) is 73.2 Å². The van der Waals surface area contributed by atoms with Gasteiger partial charge in [-0.1, -0.05) is 29.3 Å². The topological polar surface area (TPSA) is 68.4 Å². The monoisotopic (exact) mass is 437 g/mol. The lowest BCUT2D eigenvalue weighted by atomic mass is 9.98. The molecule has 0 aliphatic carbocycles. The molecule has 0 saturated carbocycles. The van der Waals surface area contributed by atoms with Gasteiger partial charge in [0.25, 0.3) is 5.56 Å².